The van der Waals surface area contributed by atoms with Crippen LogP contribution in [0.15, 0.2) is 0 Å². The highest BCUT2D eigenvalue weighted by molar-refractivity contribution is 7.80. The van der Waals surface area contributed by atoms with Crippen LogP contribution in [0.3, 0.4) is 0 Å². The van der Waals surface area contributed by atoms with Crippen LogP contribution in [0.1, 0.15) is 60.3 Å². The molecule has 0 spiro atoms. The maximum Gasteiger partial charge on any atom is 0.327 e. The summed E-state index contributed by atoms with van der Waals surface area (Å²) in [5.74, 6) is -4.94. The molecule has 15 nitrogen and oxygen atoms in total. The van der Waals surface area contributed by atoms with Crippen molar-refractivity contribution in [2.24, 2.45) is 11.8 Å². The molecule has 5 atom stereocenters. The molecule has 1 fully saturated rings. The zero-order valence-corrected chi connectivity index (χ0v) is 26.3. The quantitative estimate of drug-likeness (QED) is 0.0767. The van der Waals surface area contributed by atoms with Crippen LogP contribution in [0.5, 0.6) is 0 Å². The van der Waals surface area contributed by atoms with Crippen molar-refractivity contribution in [3.8, 4) is 0 Å². The van der Waals surface area contributed by atoms with Crippen molar-refractivity contribution in [3.63, 3.8) is 0 Å². The van der Waals surface area contributed by atoms with Crippen molar-refractivity contribution in [2.75, 3.05) is 25.4 Å². The van der Waals surface area contributed by atoms with Gasteiger partial charge in [0.25, 0.3) is 0 Å². The lowest BCUT2D eigenvalue weighted by Crippen LogP contribution is -2.56. The predicted octanol–water partition coefficient (Wildman–Crippen LogP) is -1.96. The summed E-state index contributed by atoms with van der Waals surface area (Å²) in [6.07, 6.45) is 2.02. The van der Waals surface area contributed by atoms with E-state index in [4.69, 9.17) is 5.11 Å². The first-order chi connectivity index (χ1) is 20.1. The largest absolute Gasteiger partial charge is 0.480 e. The maximum atomic E-state index is 13.2. The number of thiol groups is 1. The molecule has 0 aromatic heterocycles. The van der Waals surface area contributed by atoms with E-state index in [1.54, 1.807) is 0 Å². The van der Waals surface area contributed by atoms with Gasteiger partial charge in [0.2, 0.25) is 35.4 Å². The van der Waals surface area contributed by atoms with E-state index in [1.165, 1.54) is 6.92 Å². The number of nitrogens with one attached hydrogen (secondary N) is 7. The van der Waals surface area contributed by atoms with Gasteiger partial charge in [0.1, 0.15) is 24.2 Å². The third-order valence-electron chi connectivity index (χ3n) is 6.49. The molecule has 0 radical (unpaired) electrons. The summed E-state index contributed by atoms with van der Waals surface area (Å²) in [5, 5.41) is 27.0. The molecule has 0 bridgehead atoms. The fourth-order valence-corrected chi connectivity index (χ4v) is 4.50. The first kappa shape index (κ1) is 37.6. The number of aliphatic carboxylic acids is 1. The van der Waals surface area contributed by atoms with Crippen molar-refractivity contribution in [1.29, 1.82) is 0 Å². The van der Waals surface area contributed by atoms with E-state index in [-0.39, 0.29) is 42.4 Å². The number of carboxylic acid groups (broad SMARTS) is 1. The Balaban J connectivity index is 2.74. The number of rotatable bonds is 18. The molecule has 0 aliphatic carbocycles. The van der Waals surface area contributed by atoms with Crippen LogP contribution in [0.25, 0.3) is 0 Å². The Kier molecular flexibility index (Phi) is 16.6. The molecule has 0 unspecified atom stereocenters. The lowest BCUT2D eigenvalue weighted by Gasteiger charge is -2.25. The second-order valence-electron chi connectivity index (χ2n) is 11.4. The molecule has 6 amide bonds. The van der Waals surface area contributed by atoms with Gasteiger partial charge in [-0.25, -0.2) is 4.79 Å². The van der Waals surface area contributed by atoms with Gasteiger partial charge in [-0.05, 0) is 51.0 Å². The van der Waals surface area contributed by atoms with Crippen molar-refractivity contribution in [1.82, 2.24) is 37.2 Å². The van der Waals surface area contributed by atoms with E-state index in [0.29, 0.717) is 6.42 Å². The topological polar surface area (TPSA) is 224 Å². The van der Waals surface area contributed by atoms with E-state index in [2.05, 4.69) is 49.8 Å². The standard InChI is InChI=1S/C27H47N7O8S/c1-14(2)9-18(24(38)30-12-22(36)33-20(13-43)27(41)42)34-26(40)19(10-15(3)4)32-21(35)11-29-23(37)16(5)31-25(39)17-7-6-8-28-17/h14-20,28,43H,6-13H2,1-5H3,(H,29,37)(H,30,38)(H,31,39)(H,32,35)(H,33,36)(H,34,40)(H,41,42)/t16-,17-,18-,19-,20-/m0/s1. The van der Waals surface area contributed by atoms with Crippen LogP contribution in [0, 0.1) is 11.8 Å². The second kappa shape index (κ2) is 19.0. The zero-order chi connectivity index (χ0) is 32.7. The average Bonchev–Trinajstić information content (AvgIpc) is 3.47. The molecule has 16 heteroatoms. The number of hydrogen-bond acceptors (Lipinski definition) is 9. The molecule has 8 N–H and O–H groups in total. The van der Waals surface area contributed by atoms with Crippen molar-refractivity contribution in [3.05, 3.63) is 0 Å². The van der Waals surface area contributed by atoms with Gasteiger partial charge in [0.05, 0.1) is 19.1 Å². The minimum absolute atomic E-state index is 0.0137. The van der Waals surface area contributed by atoms with Gasteiger partial charge in [0.15, 0.2) is 0 Å². The van der Waals surface area contributed by atoms with Crippen LogP contribution in [-0.2, 0) is 33.6 Å². The molecule has 1 aliphatic rings. The van der Waals surface area contributed by atoms with Crippen molar-refractivity contribution >= 4 is 54.0 Å². The summed E-state index contributed by atoms with van der Waals surface area (Å²) in [5.41, 5.74) is 0. The van der Waals surface area contributed by atoms with Crippen LogP contribution in [0.2, 0.25) is 0 Å². The average molecular weight is 630 g/mol. The smallest absolute Gasteiger partial charge is 0.327 e. The molecule has 1 heterocycles. The minimum Gasteiger partial charge on any atom is -0.480 e. The number of carbonyl (C=O) groups excluding carboxylic acids is 6. The molecule has 0 aromatic rings. The summed E-state index contributed by atoms with van der Waals surface area (Å²) in [7, 11) is 0. The van der Waals surface area contributed by atoms with Gasteiger partial charge in [-0.1, -0.05) is 27.7 Å². The summed E-state index contributed by atoms with van der Waals surface area (Å²) in [6.45, 7) is 8.67. The highest BCUT2D eigenvalue weighted by atomic mass is 32.1. The molecule has 1 aliphatic heterocycles. The first-order valence-corrected chi connectivity index (χ1v) is 15.1. The molecule has 1 saturated heterocycles. The Morgan fingerprint density at radius 2 is 1.26 bits per heavy atom. The molecular weight excluding hydrogens is 582 g/mol. The first-order valence-electron chi connectivity index (χ1n) is 14.5. The van der Waals surface area contributed by atoms with Gasteiger partial charge in [-0.2, -0.15) is 12.6 Å². The molecule has 0 aromatic carbocycles. The van der Waals surface area contributed by atoms with E-state index in [1.807, 2.05) is 27.7 Å². The molecule has 0 saturated carbocycles. The van der Waals surface area contributed by atoms with E-state index in [0.717, 1.165) is 13.0 Å². The number of hydrogen-bond donors (Lipinski definition) is 9. The number of carboxylic acids is 1. The van der Waals surface area contributed by atoms with Gasteiger partial charge < -0.3 is 42.3 Å². The highest BCUT2D eigenvalue weighted by Crippen LogP contribution is 2.09. The third kappa shape index (κ3) is 14.6. The maximum absolute atomic E-state index is 13.2. The zero-order valence-electron chi connectivity index (χ0n) is 25.5. The van der Waals surface area contributed by atoms with Crippen molar-refractivity contribution in [2.45, 2.75) is 90.5 Å². The van der Waals surface area contributed by atoms with Crippen molar-refractivity contribution < 1.29 is 38.7 Å². The lowest BCUT2D eigenvalue weighted by molar-refractivity contribution is -0.141. The Morgan fingerprint density at radius 3 is 1.72 bits per heavy atom. The van der Waals surface area contributed by atoms with Gasteiger partial charge >= 0.3 is 5.97 Å². The summed E-state index contributed by atoms with van der Waals surface area (Å²) in [6, 6.07) is -4.50. The molecular formula is C27H47N7O8S. The fourth-order valence-electron chi connectivity index (χ4n) is 4.25. The van der Waals surface area contributed by atoms with Crippen LogP contribution >= 0.6 is 12.6 Å². The molecule has 1 rings (SSSR count). The summed E-state index contributed by atoms with van der Waals surface area (Å²) < 4.78 is 0. The minimum atomic E-state index is -1.27. The normalized spacial score (nSPS) is 17.3. The molecule has 43 heavy (non-hydrogen) atoms. The number of amides is 6. The highest BCUT2D eigenvalue weighted by Gasteiger charge is 2.29. The van der Waals surface area contributed by atoms with E-state index < -0.39 is 72.8 Å². The van der Waals surface area contributed by atoms with E-state index in [9.17, 15) is 33.6 Å². The predicted molar refractivity (Wildman–Crippen MR) is 161 cm³/mol. The lowest BCUT2D eigenvalue weighted by atomic mass is 10.00. The summed E-state index contributed by atoms with van der Waals surface area (Å²) >= 11 is 3.87. The Morgan fingerprint density at radius 1 is 0.744 bits per heavy atom. The van der Waals surface area contributed by atoms with Gasteiger partial charge in [-0.15, -0.1) is 0 Å². The van der Waals surface area contributed by atoms with Crippen LogP contribution in [-0.4, -0.2) is 102 Å². The number of carbonyl (C=O) groups is 7. The van der Waals surface area contributed by atoms with Gasteiger partial charge in [0, 0.05) is 5.75 Å². The second-order valence-corrected chi connectivity index (χ2v) is 11.8. The monoisotopic (exact) mass is 629 g/mol. The van der Waals surface area contributed by atoms with Crippen LogP contribution < -0.4 is 37.2 Å². The van der Waals surface area contributed by atoms with Gasteiger partial charge in [-0.3, -0.25) is 28.8 Å². The third-order valence-corrected chi connectivity index (χ3v) is 6.86. The SMILES string of the molecule is CC(C)C[C@H](NC(=O)CNC(=O)[C@H](C)NC(=O)[C@@H]1CCCN1)C(=O)N[C@@H](CC(C)C)C(=O)NCC(=O)N[C@@H](CS)C(=O)O. The molecule has 244 valence electrons. The van der Waals surface area contributed by atoms with E-state index >= 15 is 0 Å². The Hall–Kier alpha value is -3.40. The van der Waals surface area contributed by atoms with Crippen LogP contribution in [0.4, 0.5) is 0 Å². The Bertz CT molecular complexity index is 1000. The fraction of sp³-hybridized carbons (Fsp3) is 0.741. The Labute approximate surface area is 257 Å². The summed E-state index contributed by atoms with van der Waals surface area (Å²) in [4.78, 5) is 86.6.